The molecule has 0 spiro atoms. The van der Waals surface area contributed by atoms with E-state index in [2.05, 4.69) is 10.5 Å². The van der Waals surface area contributed by atoms with E-state index < -0.39 is 17.6 Å². The van der Waals surface area contributed by atoms with Gasteiger partial charge in [-0.2, -0.15) is 0 Å². The van der Waals surface area contributed by atoms with Crippen molar-refractivity contribution in [2.24, 2.45) is 5.16 Å². The molecule has 0 saturated carbocycles. The van der Waals surface area contributed by atoms with Crippen LogP contribution in [0.2, 0.25) is 0 Å². The number of nitrogens with one attached hydrogen (secondary N) is 1. The molecule has 0 aliphatic carbocycles. The molecule has 17 heavy (non-hydrogen) atoms. The number of hydrogen-bond donors (Lipinski definition) is 2. The summed E-state index contributed by atoms with van der Waals surface area (Å²) in [6, 6.07) is 0. The van der Waals surface area contributed by atoms with E-state index in [4.69, 9.17) is 14.7 Å². The van der Waals surface area contributed by atoms with Gasteiger partial charge in [-0.15, -0.1) is 0 Å². The number of hydrogen-bond acceptors (Lipinski definition) is 5. The van der Waals surface area contributed by atoms with Crippen LogP contribution in [0.5, 0.6) is 0 Å². The summed E-state index contributed by atoms with van der Waals surface area (Å²) < 4.78 is 5.20. The van der Waals surface area contributed by atoms with Crippen LogP contribution in [-0.2, 0) is 19.2 Å². The van der Waals surface area contributed by atoms with Gasteiger partial charge < -0.3 is 20.0 Å². The van der Waals surface area contributed by atoms with E-state index in [0.29, 0.717) is 13.2 Å². The van der Waals surface area contributed by atoms with Gasteiger partial charge in [0.2, 0.25) is 6.10 Å². The van der Waals surface area contributed by atoms with Crippen LogP contribution in [0.1, 0.15) is 19.8 Å². The summed E-state index contributed by atoms with van der Waals surface area (Å²) in [5.41, 5.74) is -0.523. The lowest BCUT2D eigenvalue weighted by Crippen LogP contribution is -2.50. The van der Waals surface area contributed by atoms with Gasteiger partial charge >= 0.3 is 5.97 Å². The van der Waals surface area contributed by atoms with Crippen molar-refractivity contribution < 1.29 is 24.3 Å². The van der Waals surface area contributed by atoms with E-state index in [1.54, 1.807) is 0 Å². The molecule has 0 aromatic carbocycles. The van der Waals surface area contributed by atoms with Crippen LogP contribution in [0.15, 0.2) is 5.16 Å². The van der Waals surface area contributed by atoms with Gasteiger partial charge in [-0.05, 0) is 13.3 Å². The molecule has 0 radical (unpaired) electrons. The molecule has 7 nitrogen and oxygen atoms in total. The Morgan fingerprint density at radius 1 is 1.59 bits per heavy atom. The first-order chi connectivity index (χ1) is 8.00. The number of carbonyl (C=O) groups is 2. The third-order valence-corrected chi connectivity index (χ3v) is 2.85. The molecule has 2 N–H and O–H groups in total. The molecule has 1 fully saturated rings. The molecular weight excluding hydrogens is 228 g/mol. The standard InChI is InChI=1S/C10H14N2O5/c1-10(2-3-16-5-10)11-8(13)7-4-6(9(14)15)12-17-7/h7H,2-5H2,1H3,(H,11,13)(H,14,15). The van der Waals surface area contributed by atoms with Crippen LogP contribution in [-0.4, -0.2) is 47.6 Å². The van der Waals surface area contributed by atoms with Crippen LogP contribution < -0.4 is 5.32 Å². The number of nitrogens with zero attached hydrogens (tertiary/aromatic N) is 1. The van der Waals surface area contributed by atoms with Crippen molar-refractivity contribution in [2.45, 2.75) is 31.4 Å². The second kappa shape index (κ2) is 4.33. The second-order valence-corrected chi connectivity index (χ2v) is 4.49. The topological polar surface area (TPSA) is 97.2 Å². The van der Waals surface area contributed by atoms with Crippen LogP contribution in [0.3, 0.4) is 0 Å². The Labute approximate surface area is 97.8 Å². The fourth-order valence-electron chi connectivity index (χ4n) is 1.79. The fourth-order valence-corrected chi connectivity index (χ4v) is 1.79. The van der Waals surface area contributed by atoms with Gasteiger partial charge in [-0.1, -0.05) is 5.16 Å². The number of carboxylic acids is 1. The summed E-state index contributed by atoms with van der Waals surface area (Å²) >= 11 is 0. The molecule has 2 rings (SSSR count). The maximum Gasteiger partial charge on any atom is 0.353 e. The number of amides is 1. The molecule has 2 aliphatic rings. The SMILES string of the molecule is CC1(NC(=O)C2CC(C(=O)O)=NO2)CCOC1. The van der Waals surface area contributed by atoms with Crippen molar-refractivity contribution in [3.8, 4) is 0 Å². The number of rotatable bonds is 3. The normalized spacial score (nSPS) is 31.8. The Kier molecular flexibility index (Phi) is 3.01. The Morgan fingerprint density at radius 2 is 2.35 bits per heavy atom. The lowest BCUT2D eigenvalue weighted by atomic mass is 10.0. The molecule has 2 atom stereocenters. The van der Waals surface area contributed by atoms with Gasteiger partial charge in [-0.3, -0.25) is 4.79 Å². The first-order valence-electron chi connectivity index (χ1n) is 5.36. The van der Waals surface area contributed by atoms with Crippen LogP contribution in [0.4, 0.5) is 0 Å². The second-order valence-electron chi connectivity index (χ2n) is 4.49. The molecule has 0 aromatic heterocycles. The number of oxime groups is 1. The number of ether oxygens (including phenoxy) is 1. The van der Waals surface area contributed by atoms with E-state index in [9.17, 15) is 9.59 Å². The average molecular weight is 242 g/mol. The molecule has 94 valence electrons. The molecule has 0 bridgehead atoms. The third kappa shape index (κ3) is 2.55. The van der Waals surface area contributed by atoms with Crippen LogP contribution in [0, 0.1) is 0 Å². The summed E-state index contributed by atoms with van der Waals surface area (Å²) in [5.74, 6) is -1.51. The Bertz CT molecular complexity index is 373. The van der Waals surface area contributed by atoms with Gasteiger partial charge in [0.05, 0.1) is 12.1 Å². The van der Waals surface area contributed by atoms with Gasteiger partial charge in [0.15, 0.2) is 5.71 Å². The van der Waals surface area contributed by atoms with Crippen molar-refractivity contribution in [1.82, 2.24) is 5.32 Å². The minimum atomic E-state index is -1.16. The highest BCUT2D eigenvalue weighted by atomic mass is 16.6. The monoisotopic (exact) mass is 242 g/mol. The zero-order valence-electron chi connectivity index (χ0n) is 9.43. The predicted octanol–water partition coefficient (Wildman–Crippen LogP) is -0.489. The Hall–Kier alpha value is -1.63. The van der Waals surface area contributed by atoms with E-state index in [0.717, 1.165) is 6.42 Å². The summed E-state index contributed by atoms with van der Waals surface area (Å²) in [6.45, 7) is 2.95. The van der Waals surface area contributed by atoms with Gasteiger partial charge in [0, 0.05) is 13.0 Å². The smallest absolute Gasteiger partial charge is 0.353 e. The molecular formula is C10H14N2O5. The van der Waals surface area contributed by atoms with E-state index in [-0.39, 0.29) is 18.0 Å². The lowest BCUT2D eigenvalue weighted by molar-refractivity contribution is -0.133. The summed E-state index contributed by atoms with van der Waals surface area (Å²) in [7, 11) is 0. The summed E-state index contributed by atoms with van der Waals surface area (Å²) in [4.78, 5) is 27.2. The van der Waals surface area contributed by atoms with Crippen molar-refractivity contribution >= 4 is 17.6 Å². The Morgan fingerprint density at radius 3 is 2.88 bits per heavy atom. The molecule has 2 unspecified atom stereocenters. The molecule has 1 amide bonds. The molecule has 0 aromatic rings. The van der Waals surface area contributed by atoms with Gasteiger partial charge in [-0.25, -0.2) is 4.79 Å². The van der Waals surface area contributed by atoms with Crippen LogP contribution >= 0.6 is 0 Å². The average Bonchev–Trinajstić information content (AvgIpc) is 2.86. The quantitative estimate of drug-likeness (QED) is 0.696. The maximum absolute atomic E-state index is 11.8. The van der Waals surface area contributed by atoms with Crippen molar-refractivity contribution in [3.05, 3.63) is 0 Å². The maximum atomic E-state index is 11.8. The summed E-state index contributed by atoms with van der Waals surface area (Å²) in [6.07, 6.45) is -0.116. The first-order valence-corrected chi connectivity index (χ1v) is 5.36. The molecule has 2 aliphatic heterocycles. The summed E-state index contributed by atoms with van der Waals surface area (Å²) in [5, 5.41) is 14.8. The van der Waals surface area contributed by atoms with E-state index in [1.807, 2.05) is 6.92 Å². The van der Waals surface area contributed by atoms with Crippen molar-refractivity contribution in [3.63, 3.8) is 0 Å². The fraction of sp³-hybridized carbons (Fsp3) is 0.700. The minimum absolute atomic E-state index is 0.00188. The highest BCUT2D eigenvalue weighted by Gasteiger charge is 2.37. The number of carboxylic acid groups (broad SMARTS) is 1. The number of carbonyl (C=O) groups excluding carboxylic acids is 1. The first kappa shape index (κ1) is 11.8. The van der Waals surface area contributed by atoms with Gasteiger partial charge in [0.1, 0.15) is 0 Å². The zero-order chi connectivity index (χ0) is 12.5. The largest absolute Gasteiger partial charge is 0.477 e. The lowest BCUT2D eigenvalue weighted by Gasteiger charge is -2.24. The Balaban J connectivity index is 1.88. The predicted molar refractivity (Wildman–Crippen MR) is 56.5 cm³/mol. The third-order valence-electron chi connectivity index (χ3n) is 2.85. The zero-order valence-corrected chi connectivity index (χ0v) is 9.43. The number of aliphatic carboxylic acids is 1. The van der Waals surface area contributed by atoms with E-state index >= 15 is 0 Å². The highest BCUT2D eigenvalue weighted by Crippen LogP contribution is 2.19. The molecule has 7 heteroatoms. The molecule has 1 saturated heterocycles. The van der Waals surface area contributed by atoms with Crippen LogP contribution in [0.25, 0.3) is 0 Å². The van der Waals surface area contributed by atoms with Crippen molar-refractivity contribution in [2.75, 3.05) is 13.2 Å². The highest BCUT2D eigenvalue weighted by molar-refractivity contribution is 6.36. The molecule has 2 heterocycles. The van der Waals surface area contributed by atoms with E-state index in [1.165, 1.54) is 0 Å². The minimum Gasteiger partial charge on any atom is -0.477 e. The van der Waals surface area contributed by atoms with Gasteiger partial charge in [0.25, 0.3) is 5.91 Å². The van der Waals surface area contributed by atoms with Crippen molar-refractivity contribution in [1.29, 1.82) is 0 Å².